The number of aryl methyl sites for hydroxylation is 2. The van der Waals surface area contributed by atoms with Crippen LogP contribution in [-0.4, -0.2) is 14.8 Å². The Morgan fingerprint density at radius 3 is 2.72 bits per heavy atom. The molecule has 3 heteroatoms. The van der Waals surface area contributed by atoms with Crippen LogP contribution in [0.25, 0.3) is 10.9 Å². The standard InChI is InChI=1S/C15H15N3/c1-11-7-12(2)18(17-11)10-13-8-14-5-3-4-6-15(14)16-9-13/h3-9H,10H2,1-2H3. The summed E-state index contributed by atoms with van der Waals surface area (Å²) in [6, 6.07) is 12.4. The van der Waals surface area contributed by atoms with Crippen LogP contribution in [-0.2, 0) is 6.54 Å². The maximum absolute atomic E-state index is 4.47. The van der Waals surface area contributed by atoms with Crippen LogP contribution < -0.4 is 0 Å². The third kappa shape index (κ3) is 1.99. The first-order valence-electron chi connectivity index (χ1n) is 6.07. The number of hydrogen-bond donors (Lipinski definition) is 0. The van der Waals surface area contributed by atoms with Crippen molar-refractivity contribution in [3.63, 3.8) is 0 Å². The lowest BCUT2D eigenvalue weighted by Gasteiger charge is -2.05. The average molecular weight is 237 g/mol. The second-order valence-corrected chi connectivity index (χ2v) is 4.62. The van der Waals surface area contributed by atoms with Crippen LogP contribution in [0.3, 0.4) is 0 Å². The van der Waals surface area contributed by atoms with Gasteiger partial charge in [0, 0.05) is 17.3 Å². The van der Waals surface area contributed by atoms with Crippen LogP contribution >= 0.6 is 0 Å². The highest BCUT2D eigenvalue weighted by molar-refractivity contribution is 5.78. The first-order chi connectivity index (χ1) is 8.72. The van der Waals surface area contributed by atoms with E-state index in [9.17, 15) is 0 Å². The lowest BCUT2D eigenvalue weighted by Crippen LogP contribution is -2.04. The molecule has 0 N–H and O–H groups in total. The number of nitrogens with zero attached hydrogens (tertiary/aromatic N) is 3. The van der Waals surface area contributed by atoms with Crippen LogP contribution in [0, 0.1) is 13.8 Å². The second kappa shape index (κ2) is 4.26. The van der Waals surface area contributed by atoms with E-state index in [-0.39, 0.29) is 0 Å². The highest BCUT2D eigenvalue weighted by atomic mass is 15.3. The predicted molar refractivity (Wildman–Crippen MR) is 72.5 cm³/mol. The van der Waals surface area contributed by atoms with Gasteiger partial charge in [-0.05, 0) is 37.6 Å². The highest BCUT2D eigenvalue weighted by Crippen LogP contribution is 2.14. The number of rotatable bonds is 2. The number of pyridine rings is 1. The van der Waals surface area contributed by atoms with E-state index in [0.717, 1.165) is 17.8 Å². The Labute approximate surface area is 106 Å². The van der Waals surface area contributed by atoms with Gasteiger partial charge in [0.2, 0.25) is 0 Å². The smallest absolute Gasteiger partial charge is 0.0702 e. The fourth-order valence-electron chi connectivity index (χ4n) is 2.21. The van der Waals surface area contributed by atoms with Gasteiger partial charge in [0.15, 0.2) is 0 Å². The van der Waals surface area contributed by atoms with Gasteiger partial charge in [0.05, 0.1) is 17.8 Å². The molecule has 0 saturated carbocycles. The molecule has 0 unspecified atom stereocenters. The fraction of sp³-hybridized carbons (Fsp3) is 0.200. The van der Waals surface area contributed by atoms with Gasteiger partial charge < -0.3 is 0 Å². The van der Waals surface area contributed by atoms with Crippen molar-refractivity contribution in [2.75, 3.05) is 0 Å². The number of aromatic nitrogens is 3. The van der Waals surface area contributed by atoms with Crippen LogP contribution in [0.15, 0.2) is 42.6 Å². The van der Waals surface area contributed by atoms with Crippen molar-refractivity contribution >= 4 is 10.9 Å². The Hall–Kier alpha value is -2.16. The number of fused-ring (bicyclic) bond motifs is 1. The zero-order chi connectivity index (χ0) is 12.5. The van der Waals surface area contributed by atoms with Gasteiger partial charge in [-0.25, -0.2) is 0 Å². The lowest BCUT2D eigenvalue weighted by atomic mass is 10.1. The largest absolute Gasteiger partial charge is 0.265 e. The molecule has 3 rings (SSSR count). The molecule has 18 heavy (non-hydrogen) atoms. The van der Waals surface area contributed by atoms with E-state index in [1.807, 2.05) is 36.0 Å². The highest BCUT2D eigenvalue weighted by Gasteiger charge is 2.03. The van der Waals surface area contributed by atoms with Crippen molar-refractivity contribution in [2.45, 2.75) is 20.4 Å². The van der Waals surface area contributed by atoms with E-state index < -0.39 is 0 Å². The minimum atomic E-state index is 0.775. The zero-order valence-electron chi connectivity index (χ0n) is 10.6. The van der Waals surface area contributed by atoms with Gasteiger partial charge in [0.1, 0.15) is 0 Å². The van der Waals surface area contributed by atoms with E-state index in [2.05, 4.69) is 35.2 Å². The summed E-state index contributed by atoms with van der Waals surface area (Å²) < 4.78 is 2.02. The Balaban J connectivity index is 1.97. The van der Waals surface area contributed by atoms with Gasteiger partial charge in [-0.15, -0.1) is 0 Å². The molecule has 0 fully saturated rings. The molecule has 0 atom stereocenters. The molecule has 0 amide bonds. The number of hydrogen-bond acceptors (Lipinski definition) is 2. The first kappa shape index (κ1) is 11.0. The summed E-state index contributed by atoms with van der Waals surface area (Å²) in [6.45, 7) is 4.87. The fourth-order valence-corrected chi connectivity index (χ4v) is 2.21. The monoisotopic (exact) mass is 237 g/mol. The Morgan fingerprint density at radius 1 is 1.11 bits per heavy atom. The molecule has 2 heterocycles. The minimum absolute atomic E-state index is 0.775. The summed E-state index contributed by atoms with van der Waals surface area (Å²) in [5, 5.41) is 5.65. The first-order valence-corrected chi connectivity index (χ1v) is 6.07. The Kier molecular flexibility index (Phi) is 2.59. The summed E-state index contributed by atoms with van der Waals surface area (Å²) in [7, 11) is 0. The van der Waals surface area contributed by atoms with E-state index >= 15 is 0 Å². The normalized spacial score (nSPS) is 11.0. The quantitative estimate of drug-likeness (QED) is 0.685. The van der Waals surface area contributed by atoms with Crippen molar-refractivity contribution in [3.05, 3.63) is 59.5 Å². The summed E-state index contributed by atoms with van der Waals surface area (Å²) >= 11 is 0. The molecule has 0 aliphatic carbocycles. The summed E-state index contributed by atoms with van der Waals surface area (Å²) in [6.07, 6.45) is 1.93. The molecule has 2 aromatic heterocycles. The third-order valence-electron chi connectivity index (χ3n) is 3.08. The van der Waals surface area contributed by atoms with E-state index in [1.165, 1.54) is 16.6 Å². The molecule has 0 bridgehead atoms. The molecule has 90 valence electrons. The molecule has 0 radical (unpaired) electrons. The summed E-state index contributed by atoms with van der Waals surface area (Å²) in [5.74, 6) is 0. The second-order valence-electron chi connectivity index (χ2n) is 4.62. The average Bonchev–Trinajstić information content (AvgIpc) is 2.68. The van der Waals surface area contributed by atoms with Crippen molar-refractivity contribution < 1.29 is 0 Å². The van der Waals surface area contributed by atoms with Crippen molar-refractivity contribution in [3.8, 4) is 0 Å². The van der Waals surface area contributed by atoms with Crippen LogP contribution in [0.2, 0.25) is 0 Å². The summed E-state index contributed by atoms with van der Waals surface area (Å²) in [4.78, 5) is 4.47. The van der Waals surface area contributed by atoms with E-state index in [0.29, 0.717) is 0 Å². The van der Waals surface area contributed by atoms with Gasteiger partial charge in [0.25, 0.3) is 0 Å². The predicted octanol–water partition coefficient (Wildman–Crippen LogP) is 3.10. The van der Waals surface area contributed by atoms with Crippen molar-refractivity contribution in [2.24, 2.45) is 0 Å². The molecule has 0 aliphatic rings. The molecule has 3 nitrogen and oxygen atoms in total. The summed E-state index contributed by atoms with van der Waals surface area (Å²) in [5.41, 5.74) is 4.46. The van der Waals surface area contributed by atoms with Crippen LogP contribution in [0.4, 0.5) is 0 Å². The third-order valence-corrected chi connectivity index (χ3v) is 3.08. The van der Waals surface area contributed by atoms with Gasteiger partial charge >= 0.3 is 0 Å². The van der Waals surface area contributed by atoms with Crippen molar-refractivity contribution in [1.29, 1.82) is 0 Å². The van der Waals surface area contributed by atoms with Crippen molar-refractivity contribution in [1.82, 2.24) is 14.8 Å². The number of benzene rings is 1. The topological polar surface area (TPSA) is 30.7 Å². The number of para-hydroxylation sites is 1. The minimum Gasteiger partial charge on any atom is -0.265 e. The molecular formula is C15H15N3. The SMILES string of the molecule is Cc1cc(C)n(Cc2cnc3ccccc3c2)n1. The molecule has 0 spiro atoms. The molecule has 0 saturated heterocycles. The van der Waals surface area contributed by atoms with Gasteiger partial charge in [-0.3, -0.25) is 9.67 Å². The molecule has 1 aromatic carbocycles. The van der Waals surface area contributed by atoms with Crippen LogP contribution in [0.5, 0.6) is 0 Å². The van der Waals surface area contributed by atoms with Gasteiger partial charge in [-0.1, -0.05) is 18.2 Å². The molecule has 3 aromatic rings. The lowest BCUT2D eigenvalue weighted by molar-refractivity contribution is 0.658. The maximum atomic E-state index is 4.47. The Bertz CT molecular complexity index is 698. The maximum Gasteiger partial charge on any atom is 0.0702 e. The zero-order valence-corrected chi connectivity index (χ0v) is 10.6. The van der Waals surface area contributed by atoms with E-state index in [1.54, 1.807) is 0 Å². The molecule has 0 aliphatic heterocycles. The van der Waals surface area contributed by atoms with Gasteiger partial charge in [-0.2, -0.15) is 5.10 Å². The van der Waals surface area contributed by atoms with Crippen LogP contribution in [0.1, 0.15) is 17.0 Å². The Morgan fingerprint density at radius 2 is 1.94 bits per heavy atom. The molecular weight excluding hydrogens is 222 g/mol. The van der Waals surface area contributed by atoms with E-state index in [4.69, 9.17) is 0 Å².